The fraction of sp³-hybridized carbons (Fsp3) is 0.980. The van der Waals surface area contributed by atoms with E-state index < -0.39 is 86.8 Å². The molecular formula is C51H99NO13. The molecule has 0 aliphatic carbocycles. The summed E-state index contributed by atoms with van der Waals surface area (Å²) in [7, 11) is 0. The predicted molar refractivity (Wildman–Crippen MR) is 254 cm³/mol. The van der Waals surface area contributed by atoms with Gasteiger partial charge >= 0.3 is 0 Å². The third-order valence-corrected chi connectivity index (χ3v) is 13.6. The van der Waals surface area contributed by atoms with E-state index in [0.717, 1.165) is 57.8 Å². The summed E-state index contributed by atoms with van der Waals surface area (Å²) in [4.78, 5) is 13.0. The van der Waals surface area contributed by atoms with E-state index in [2.05, 4.69) is 19.2 Å². The van der Waals surface area contributed by atoms with E-state index in [-0.39, 0.29) is 12.5 Å². The molecular weight excluding hydrogens is 835 g/mol. The number of hydrogen-bond acceptors (Lipinski definition) is 13. The molecule has 0 radical (unpaired) electrons. The number of hydrogen-bond donors (Lipinski definition) is 9. The van der Waals surface area contributed by atoms with Crippen molar-refractivity contribution in [2.24, 2.45) is 0 Å². The molecule has 2 fully saturated rings. The van der Waals surface area contributed by atoms with Crippen LogP contribution in [0.25, 0.3) is 0 Å². The zero-order valence-electron chi connectivity index (χ0n) is 41.0. The Morgan fingerprint density at radius 2 is 0.877 bits per heavy atom. The molecule has 0 aromatic carbocycles. The monoisotopic (exact) mass is 934 g/mol. The van der Waals surface area contributed by atoms with Gasteiger partial charge in [0.15, 0.2) is 12.6 Å². The number of ether oxygens (including phenoxy) is 4. The first kappa shape index (κ1) is 60.1. The summed E-state index contributed by atoms with van der Waals surface area (Å²) >= 11 is 0. The highest BCUT2D eigenvalue weighted by molar-refractivity contribution is 5.76. The second-order valence-electron chi connectivity index (χ2n) is 19.4. The van der Waals surface area contributed by atoms with E-state index in [0.29, 0.717) is 12.8 Å². The van der Waals surface area contributed by atoms with Gasteiger partial charge < -0.3 is 65.1 Å². The lowest BCUT2D eigenvalue weighted by atomic mass is 9.97. The zero-order valence-corrected chi connectivity index (χ0v) is 41.0. The van der Waals surface area contributed by atoms with Gasteiger partial charge in [0.05, 0.1) is 32.0 Å². The number of rotatable bonds is 42. The van der Waals surface area contributed by atoms with Crippen LogP contribution in [0, 0.1) is 0 Å². The third-order valence-electron chi connectivity index (χ3n) is 13.6. The van der Waals surface area contributed by atoms with Gasteiger partial charge in [0, 0.05) is 6.42 Å². The van der Waals surface area contributed by atoms with E-state index in [9.17, 15) is 45.6 Å². The second-order valence-corrected chi connectivity index (χ2v) is 19.4. The molecule has 2 aliphatic heterocycles. The Hall–Kier alpha value is -1.01. The van der Waals surface area contributed by atoms with Gasteiger partial charge in [-0.25, -0.2) is 0 Å². The Labute approximate surface area is 393 Å². The van der Waals surface area contributed by atoms with Gasteiger partial charge in [0.25, 0.3) is 0 Å². The Morgan fingerprint density at radius 1 is 0.492 bits per heavy atom. The molecule has 14 heteroatoms. The maximum atomic E-state index is 13.0. The molecule has 1 amide bonds. The SMILES string of the molecule is CCCCCCCCCCCCCCCCCCCCCCCCCCCC(O)C(COC1OC(CO)C(OC2OC(CO)C(O)C(O)C2O)C(O)C1O)NC(=O)CCCCCCCC. The van der Waals surface area contributed by atoms with E-state index in [1.807, 2.05) is 0 Å². The van der Waals surface area contributed by atoms with Gasteiger partial charge in [-0.2, -0.15) is 0 Å². The average molecular weight is 934 g/mol. The number of unbranched alkanes of at least 4 members (excludes halogenated alkanes) is 29. The number of nitrogens with one attached hydrogen (secondary N) is 1. The highest BCUT2D eigenvalue weighted by Crippen LogP contribution is 2.30. The normalized spacial score (nSPS) is 26.9. The maximum Gasteiger partial charge on any atom is 0.220 e. The fourth-order valence-corrected chi connectivity index (χ4v) is 9.18. The van der Waals surface area contributed by atoms with Crippen LogP contribution in [0.15, 0.2) is 0 Å². The molecule has 65 heavy (non-hydrogen) atoms. The molecule has 0 aromatic rings. The summed E-state index contributed by atoms with van der Waals surface area (Å²) < 4.78 is 22.7. The largest absolute Gasteiger partial charge is 0.394 e. The fourth-order valence-electron chi connectivity index (χ4n) is 9.18. The van der Waals surface area contributed by atoms with E-state index in [1.54, 1.807) is 0 Å². The van der Waals surface area contributed by atoms with Crippen LogP contribution in [0.1, 0.15) is 226 Å². The van der Waals surface area contributed by atoms with Crippen LogP contribution < -0.4 is 5.32 Å². The average Bonchev–Trinajstić information content (AvgIpc) is 3.30. The van der Waals surface area contributed by atoms with Crippen molar-refractivity contribution in [3.05, 3.63) is 0 Å². The van der Waals surface area contributed by atoms with E-state index >= 15 is 0 Å². The lowest BCUT2D eigenvalue weighted by Crippen LogP contribution is -2.65. The van der Waals surface area contributed by atoms with Gasteiger partial charge in [-0.15, -0.1) is 0 Å². The number of carbonyl (C=O) groups is 1. The minimum absolute atomic E-state index is 0.214. The smallest absolute Gasteiger partial charge is 0.220 e. The van der Waals surface area contributed by atoms with Gasteiger partial charge in [-0.1, -0.05) is 206 Å². The van der Waals surface area contributed by atoms with Crippen LogP contribution in [-0.4, -0.2) is 140 Å². The van der Waals surface area contributed by atoms with Crippen molar-refractivity contribution >= 4 is 5.91 Å². The van der Waals surface area contributed by atoms with Gasteiger partial charge in [0.1, 0.15) is 48.8 Å². The molecule has 12 atom stereocenters. The Balaban J connectivity index is 1.67. The van der Waals surface area contributed by atoms with Crippen molar-refractivity contribution in [2.45, 2.75) is 299 Å². The van der Waals surface area contributed by atoms with Crippen molar-refractivity contribution < 1.29 is 64.6 Å². The molecule has 2 rings (SSSR count). The summed E-state index contributed by atoms with van der Waals surface area (Å²) in [5, 5.41) is 86.6. The maximum absolute atomic E-state index is 13.0. The van der Waals surface area contributed by atoms with Crippen LogP contribution in [0.2, 0.25) is 0 Å². The first-order valence-electron chi connectivity index (χ1n) is 26.8. The lowest BCUT2D eigenvalue weighted by Gasteiger charge is -2.46. The lowest BCUT2D eigenvalue weighted by molar-refractivity contribution is -0.359. The summed E-state index contributed by atoms with van der Waals surface area (Å²) in [6, 6.07) is -0.819. The zero-order chi connectivity index (χ0) is 47.5. The summed E-state index contributed by atoms with van der Waals surface area (Å²) in [5.74, 6) is -0.214. The molecule has 0 saturated carbocycles. The number of aliphatic hydroxyl groups excluding tert-OH is 8. The Kier molecular flexibility index (Phi) is 35.9. The molecule has 0 spiro atoms. The minimum atomic E-state index is -1.78. The highest BCUT2D eigenvalue weighted by Gasteiger charge is 2.51. The first-order valence-corrected chi connectivity index (χ1v) is 26.8. The van der Waals surface area contributed by atoms with Crippen LogP contribution in [0.4, 0.5) is 0 Å². The Morgan fingerprint density at radius 3 is 1.31 bits per heavy atom. The van der Waals surface area contributed by atoms with Crippen LogP contribution in [0.3, 0.4) is 0 Å². The topological polar surface area (TPSA) is 228 Å². The summed E-state index contributed by atoms with van der Waals surface area (Å²) in [5.41, 5.74) is 0. The number of carbonyl (C=O) groups excluding carboxylic acids is 1. The van der Waals surface area contributed by atoms with E-state index in [4.69, 9.17) is 18.9 Å². The molecule has 2 heterocycles. The second kappa shape index (κ2) is 38.8. The minimum Gasteiger partial charge on any atom is -0.394 e. The summed E-state index contributed by atoms with van der Waals surface area (Å²) in [6.07, 6.45) is 23.1. The van der Waals surface area contributed by atoms with Crippen molar-refractivity contribution in [3.63, 3.8) is 0 Å². The van der Waals surface area contributed by atoms with Gasteiger partial charge in [0.2, 0.25) is 5.91 Å². The molecule has 2 aliphatic rings. The predicted octanol–water partition coefficient (Wildman–Crippen LogP) is 7.39. The van der Waals surface area contributed by atoms with E-state index in [1.165, 1.54) is 141 Å². The van der Waals surface area contributed by atoms with Crippen molar-refractivity contribution in [1.82, 2.24) is 5.32 Å². The molecule has 2 saturated heterocycles. The third kappa shape index (κ3) is 26.0. The summed E-state index contributed by atoms with van der Waals surface area (Å²) in [6.45, 7) is 2.80. The van der Waals surface area contributed by atoms with Crippen LogP contribution in [-0.2, 0) is 23.7 Å². The van der Waals surface area contributed by atoms with Crippen molar-refractivity contribution in [2.75, 3.05) is 19.8 Å². The number of amides is 1. The van der Waals surface area contributed by atoms with Gasteiger partial charge in [-0.05, 0) is 12.8 Å². The van der Waals surface area contributed by atoms with Crippen LogP contribution in [0.5, 0.6) is 0 Å². The standard InChI is InChI=1S/C51H99NO13/c1-3-5-7-9-11-12-13-14-15-16-17-18-19-20-21-22-23-24-25-26-27-28-29-30-32-34-40(55)39(52-43(56)35-33-31-10-8-6-4-2)38-62-50-48(61)46(59)49(42(37-54)64-50)65-51-47(60)45(58)44(57)41(36-53)63-51/h39-42,44-51,53-55,57-61H,3-38H2,1-2H3,(H,52,56). The first-order chi connectivity index (χ1) is 31.6. The number of aliphatic hydroxyl groups is 8. The molecule has 0 bridgehead atoms. The molecule has 12 unspecified atom stereocenters. The molecule has 0 aromatic heterocycles. The highest BCUT2D eigenvalue weighted by atomic mass is 16.7. The molecule has 9 N–H and O–H groups in total. The molecule has 386 valence electrons. The van der Waals surface area contributed by atoms with Crippen molar-refractivity contribution in [3.8, 4) is 0 Å². The van der Waals surface area contributed by atoms with Crippen LogP contribution >= 0.6 is 0 Å². The van der Waals surface area contributed by atoms with Gasteiger partial charge in [-0.3, -0.25) is 4.79 Å². The quantitative estimate of drug-likeness (QED) is 0.0273. The Bertz CT molecular complexity index is 1100. The van der Waals surface area contributed by atoms with Crippen molar-refractivity contribution in [1.29, 1.82) is 0 Å². The molecule has 14 nitrogen and oxygen atoms in total.